The van der Waals surface area contributed by atoms with Gasteiger partial charge in [-0.1, -0.05) is 46.1 Å². The van der Waals surface area contributed by atoms with E-state index in [0.717, 1.165) is 58.7 Å². The van der Waals surface area contributed by atoms with Crippen molar-refractivity contribution in [3.05, 3.63) is 56.5 Å². The van der Waals surface area contributed by atoms with Crippen LogP contribution in [0.15, 0.2) is 30.3 Å². The summed E-state index contributed by atoms with van der Waals surface area (Å²) >= 11 is 20.0. The summed E-state index contributed by atoms with van der Waals surface area (Å²) in [5.74, 6) is -0.204. The minimum Gasteiger partial charge on any atom is -0.351 e. The lowest BCUT2D eigenvalue weighted by molar-refractivity contribution is 0.0948. The van der Waals surface area contributed by atoms with Crippen molar-refractivity contribution in [2.24, 2.45) is 0 Å². The van der Waals surface area contributed by atoms with E-state index in [0.29, 0.717) is 22.2 Å². The molecule has 1 aromatic heterocycles. The van der Waals surface area contributed by atoms with Gasteiger partial charge in [0.1, 0.15) is 0 Å². The first kappa shape index (κ1) is 21.7. The Morgan fingerprint density at radius 2 is 1.83 bits per heavy atom. The molecule has 0 unspecified atom stereocenters. The molecule has 1 aliphatic rings. The highest BCUT2D eigenvalue weighted by Crippen LogP contribution is 2.33. The number of anilines is 1. The lowest BCUT2D eigenvalue weighted by Gasteiger charge is -2.34. The lowest BCUT2D eigenvalue weighted by Crippen LogP contribution is -2.48. The van der Waals surface area contributed by atoms with E-state index in [1.165, 1.54) is 0 Å². The van der Waals surface area contributed by atoms with Gasteiger partial charge in [-0.05, 0) is 42.8 Å². The monoisotopic (exact) mass is 482 g/mol. The number of hydrogen-bond donors (Lipinski definition) is 1. The van der Waals surface area contributed by atoms with Crippen LogP contribution < -0.4 is 10.2 Å². The van der Waals surface area contributed by atoms with E-state index in [-0.39, 0.29) is 5.91 Å². The third kappa shape index (κ3) is 4.68. The number of fused-ring (bicyclic) bond motifs is 1. The fourth-order valence-electron chi connectivity index (χ4n) is 3.48. The van der Waals surface area contributed by atoms with E-state index >= 15 is 0 Å². The summed E-state index contributed by atoms with van der Waals surface area (Å²) in [5, 5.41) is 5.62. The maximum Gasteiger partial charge on any atom is 0.252 e. The molecule has 158 valence electrons. The molecule has 0 saturated carbocycles. The van der Waals surface area contributed by atoms with Crippen LogP contribution in [0.2, 0.25) is 15.1 Å². The number of piperazine rings is 1. The molecule has 0 spiro atoms. The van der Waals surface area contributed by atoms with Crippen LogP contribution in [-0.2, 0) is 0 Å². The minimum absolute atomic E-state index is 0.204. The van der Waals surface area contributed by atoms with E-state index in [4.69, 9.17) is 39.8 Å². The van der Waals surface area contributed by atoms with Gasteiger partial charge >= 0.3 is 0 Å². The second kappa shape index (κ2) is 9.28. The van der Waals surface area contributed by atoms with Gasteiger partial charge in [-0.3, -0.25) is 9.69 Å². The highest BCUT2D eigenvalue weighted by molar-refractivity contribution is 7.22. The van der Waals surface area contributed by atoms with Crippen molar-refractivity contribution in [2.45, 2.75) is 6.92 Å². The Morgan fingerprint density at radius 3 is 2.60 bits per heavy atom. The van der Waals surface area contributed by atoms with E-state index in [2.05, 4.69) is 15.1 Å². The standard InChI is InChI=1S/C21H21Cl3N4OS/c1-13-16(23)4-5-18-19(13)26-21(30-18)28-10-8-27(9-11-28)7-6-25-20(29)15-12-14(22)2-3-17(15)24/h2-5,12H,6-11H2,1H3,(H,25,29). The number of halogens is 3. The van der Waals surface area contributed by atoms with E-state index < -0.39 is 0 Å². The van der Waals surface area contributed by atoms with Gasteiger partial charge in [-0.15, -0.1) is 0 Å². The largest absolute Gasteiger partial charge is 0.351 e. The number of amides is 1. The van der Waals surface area contributed by atoms with E-state index in [9.17, 15) is 4.79 Å². The van der Waals surface area contributed by atoms with Crippen LogP contribution in [0.4, 0.5) is 5.13 Å². The minimum atomic E-state index is -0.204. The second-order valence-corrected chi connectivity index (χ2v) is 9.48. The number of thiazole rings is 1. The molecular formula is C21H21Cl3N4OS. The van der Waals surface area contributed by atoms with Gasteiger partial charge in [0.25, 0.3) is 5.91 Å². The highest BCUT2D eigenvalue weighted by atomic mass is 35.5. The van der Waals surface area contributed by atoms with Gasteiger partial charge in [-0.2, -0.15) is 0 Å². The van der Waals surface area contributed by atoms with Crippen molar-refractivity contribution in [3.8, 4) is 0 Å². The molecule has 0 aliphatic carbocycles. The maximum atomic E-state index is 12.3. The van der Waals surface area contributed by atoms with Crippen LogP contribution in [0.25, 0.3) is 10.2 Å². The van der Waals surface area contributed by atoms with Crippen LogP contribution in [-0.4, -0.2) is 55.1 Å². The van der Waals surface area contributed by atoms with E-state index in [1.807, 2.05) is 19.1 Å². The van der Waals surface area contributed by atoms with Crippen molar-refractivity contribution < 1.29 is 4.79 Å². The molecule has 1 N–H and O–H groups in total. The molecule has 0 atom stereocenters. The first-order valence-electron chi connectivity index (χ1n) is 9.68. The summed E-state index contributed by atoms with van der Waals surface area (Å²) in [7, 11) is 0. The van der Waals surface area contributed by atoms with Gasteiger partial charge < -0.3 is 10.2 Å². The first-order valence-corrected chi connectivity index (χ1v) is 11.6. The van der Waals surface area contributed by atoms with E-state index in [1.54, 1.807) is 29.5 Å². The number of aryl methyl sites for hydroxylation is 1. The van der Waals surface area contributed by atoms with Crippen LogP contribution >= 0.6 is 46.1 Å². The van der Waals surface area contributed by atoms with Crippen LogP contribution in [0.5, 0.6) is 0 Å². The fraction of sp³-hybridized carbons (Fsp3) is 0.333. The Balaban J connectivity index is 1.28. The molecule has 9 heteroatoms. The molecule has 1 saturated heterocycles. The quantitative estimate of drug-likeness (QED) is 0.547. The van der Waals surface area contributed by atoms with Gasteiger partial charge in [0.05, 0.1) is 20.8 Å². The van der Waals surface area contributed by atoms with Crippen molar-refractivity contribution in [1.29, 1.82) is 0 Å². The fourth-order valence-corrected chi connectivity index (χ4v) is 5.09. The summed E-state index contributed by atoms with van der Waals surface area (Å²) in [6.07, 6.45) is 0. The second-order valence-electron chi connectivity index (χ2n) is 7.22. The number of nitrogens with one attached hydrogen (secondary N) is 1. The van der Waals surface area contributed by atoms with Crippen molar-refractivity contribution in [1.82, 2.24) is 15.2 Å². The van der Waals surface area contributed by atoms with Gasteiger partial charge in [-0.25, -0.2) is 4.98 Å². The molecular weight excluding hydrogens is 463 g/mol. The molecule has 1 amide bonds. The van der Waals surface area contributed by atoms with Crippen molar-refractivity contribution in [3.63, 3.8) is 0 Å². The average Bonchev–Trinajstić information content (AvgIpc) is 3.18. The third-order valence-corrected chi connectivity index (χ3v) is 7.32. The SMILES string of the molecule is Cc1c(Cl)ccc2sc(N3CCN(CCNC(=O)c4cc(Cl)ccc4Cl)CC3)nc12. The molecule has 4 rings (SSSR count). The summed E-state index contributed by atoms with van der Waals surface area (Å²) in [4.78, 5) is 21.8. The predicted molar refractivity (Wildman–Crippen MR) is 127 cm³/mol. The zero-order chi connectivity index (χ0) is 21.3. The number of carbonyl (C=O) groups excluding carboxylic acids is 1. The Morgan fingerprint density at radius 1 is 1.10 bits per heavy atom. The van der Waals surface area contributed by atoms with Crippen LogP contribution in [0.3, 0.4) is 0 Å². The van der Waals surface area contributed by atoms with Crippen molar-refractivity contribution >= 4 is 67.4 Å². The molecule has 2 heterocycles. The molecule has 0 radical (unpaired) electrons. The molecule has 5 nitrogen and oxygen atoms in total. The van der Waals surface area contributed by atoms with Crippen molar-refractivity contribution in [2.75, 3.05) is 44.2 Å². The summed E-state index contributed by atoms with van der Waals surface area (Å²) in [6.45, 7) is 7.00. The summed E-state index contributed by atoms with van der Waals surface area (Å²) < 4.78 is 1.16. The van der Waals surface area contributed by atoms with Crippen LogP contribution in [0.1, 0.15) is 15.9 Å². The lowest BCUT2D eigenvalue weighted by atomic mass is 10.2. The topological polar surface area (TPSA) is 48.5 Å². The number of benzene rings is 2. The first-order chi connectivity index (χ1) is 14.4. The number of carbonyl (C=O) groups is 1. The van der Waals surface area contributed by atoms with Crippen LogP contribution in [0, 0.1) is 6.92 Å². The Bertz CT molecular complexity index is 1080. The molecule has 2 aromatic carbocycles. The Labute approximate surface area is 194 Å². The molecule has 1 fully saturated rings. The Hall–Kier alpha value is -1.57. The average molecular weight is 484 g/mol. The van der Waals surface area contributed by atoms with Gasteiger partial charge in [0.2, 0.25) is 0 Å². The zero-order valence-electron chi connectivity index (χ0n) is 16.4. The number of nitrogens with zero attached hydrogens (tertiary/aromatic N) is 3. The summed E-state index contributed by atoms with van der Waals surface area (Å²) in [6, 6.07) is 8.86. The van der Waals surface area contributed by atoms with Gasteiger partial charge in [0.15, 0.2) is 5.13 Å². The third-order valence-electron chi connectivity index (χ3n) is 5.27. The predicted octanol–water partition coefficient (Wildman–Crippen LogP) is 5.12. The number of hydrogen-bond acceptors (Lipinski definition) is 5. The summed E-state index contributed by atoms with van der Waals surface area (Å²) in [5.41, 5.74) is 2.43. The molecule has 1 aliphatic heterocycles. The normalized spacial score (nSPS) is 15.0. The molecule has 3 aromatic rings. The zero-order valence-corrected chi connectivity index (χ0v) is 19.5. The smallest absolute Gasteiger partial charge is 0.252 e. The number of aromatic nitrogens is 1. The molecule has 30 heavy (non-hydrogen) atoms. The van der Waals surface area contributed by atoms with Gasteiger partial charge in [0, 0.05) is 49.3 Å². The maximum absolute atomic E-state index is 12.3. The molecule has 0 bridgehead atoms. The number of rotatable bonds is 5. The Kier molecular flexibility index (Phi) is 6.70. The highest BCUT2D eigenvalue weighted by Gasteiger charge is 2.20.